The number of carbonyl (C=O) groups excluding carboxylic acids is 3. The summed E-state index contributed by atoms with van der Waals surface area (Å²) in [5, 5.41) is 15.3. The zero-order valence-electron chi connectivity index (χ0n) is 20.0. The van der Waals surface area contributed by atoms with Crippen LogP contribution in [-0.2, 0) is 30.3 Å². The maximum Gasteiger partial charge on any atom is 0.329 e. The van der Waals surface area contributed by atoms with Gasteiger partial charge in [-0.05, 0) is 39.2 Å². The number of ether oxygens (including phenoxy) is 1. The molecule has 8 heteroatoms. The van der Waals surface area contributed by atoms with E-state index in [2.05, 4.69) is 10.6 Å². The third kappa shape index (κ3) is 8.18. The van der Waals surface area contributed by atoms with Crippen molar-refractivity contribution < 1.29 is 29.0 Å². The van der Waals surface area contributed by atoms with E-state index in [1.54, 1.807) is 27.7 Å². The zero-order valence-corrected chi connectivity index (χ0v) is 20.0. The Hall–Kier alpha value is -2.90. The van der Waals surface area contributed by atoms with Crippen molar-refractivity contribution in [3.8, 4) is 0 Å². The van der Waals surface area contributed by atoms with E-state index in [0.29, 0.717) is 12.8 Å². The average Bonchev–Trinajstić information content (AvgIpc) is 2.73. The lowest BCUT2D eigenvalue weighted by Gasteiger charge is -2.35. The van der Waals surface area contributed by atoms with Crippen molar-refractivity contribution in [2.24, 2.45) is 5.92 Å². The Balaban J connectivity index is 2.14. The maximum atomic E-state index is 13.2. The quantitative estimate of drug-likeness (QED) is 0.487. The van der Waals surface area contributed by atoms with Gasteiger partial charge in [-0.2, -0.15) is 0 Å². The SMILES string of the molecule is C[C@@H](CC(=O)OC(C)(C)C)C(=O)N[C@H](Cc1ccccc1)C(=O)NC1(C(=O)O)CCCCC1. The number of rotatable bonds is 9. The van der Waals surface area contributed by atoms with E-state index in [4.69, 9.17) is 4.74 Å². The van der Waals surface area contributed by atoms with E-state index in [0.717, 1.165) is 24.8 Å². The molecule has 0 heterocycles. The number of carboxylic acids is 1. The summed E-state index contributed by atoms with van der Waals surface area (Å²) in [7, 11) is 0. The molecule has 1 aliphatic carbocycles. The summed E-state index contributed by atoms with van der Waals surface area (Å²) in [6.45, 7) is 6.84. The summed E-state index contributed by atoms with van der Waals surface area (Å²) in [6.07, 6.45) is 3.15. The smallest absolute Gasteiger partial charge is 0.329 e. The Morgan fingerprint density at radius 1 is 1.03 bits per heavy atom. The van der Waals surface area contributed by atoms with Crippen LogP contribution in [0, 0.1) is 5.92 Å². The maximum absolute atomic E-state index is 13.2. The Bertz CT molecular complexity index is 840. The first-order chi connectivity index (χ1) is 15.4. The highest BCUT2D eigenvalue weighted by Crippen LogP contribution is 2.28. The second-order valence-electron chi connectivity index (χ2n) is 9.88. The third-order valence-electron chi connectivity index (χ3n) is 5.74. The van der Waals surface area contributed by atoms with Gasteiger partial charge in [-0.3, -0.25) is 14.4 Å². The molecule has 0 aromatic heterocycles. The van der Waals surface area contributed by atoms with Crippen molar-refractivity contribution in [3.05, 3.63) is 35.9 Å². The number of aliphatic carboxylic acids is 1. The number of nitrogens with one attached hydrogen (secondary N) is 2. The van der Waals surface area contributed by atoms with Crippen molar-refractivity contribution in [3.63, 3.8) is 0 Å². The zero-order chi connectivity index (χ0) is 24.6. The molecule has 1 fully saturated rings. The number of hydrogen-bond donors (Lipinski definition) is 3. The van der Waals surface area contributed by atoms with Crippen LogP contribution < -0.4 is 10.6 Å². The highest BCUT2D eigenvalue weighted by molar-refractivity contribution is 5.93. The molecule has 0 saturated heterocycles. The van der Waals surface area contributed by atoms with Crippen LogP contribution in [0.5, 0.6) is 0 Å². The van der Waals surface area contributed by atoms with E-state index in [9.17, 15) is 24.3 Å². The van der Waals surface area contributed by atoms with E-state index < -0.39 is 46.9 Å². The highest BCUT2D eigenvalue weighted by atomic mass is 16.6. The van der Waals surface area contributed by atoms with Gasteiger partial charge in [0.25, 0.3) is 0 Å². The van der Waals surface area contributed by atoms with Crippen molar-refractivity contribution in [2.45, 2.75) is 89.8 Å². The fourth-order valence-corrected chi connectivity index (χ4v) is 3.97. The molecule has 2 amide bonds. The molecular formula is C25H36N2O6. The van der Waals surface area contributed by atoms with Crippen LogP contribution in [0.1, 0.15) is 71.8 Å². The molecule has 182 valence electrons. The fourth-order valence-electron chi connectivity index (χ4n) is 3.97. The highest BCUT2D eigenvalue weighted by Gasteiger charge is 2.42. The standard InChI is InChI=1S/C25H36N2O6/c1-17(15-20(28)33-24(2,3)4)21(29)26-19(16-18-11-7-5-8-12-18)22(30)27-25(23(31)32)13-9-6-10-14-25/h5,7-8,11-12,17,19H,6,9-10,13-16H2,1-4H3,(H,26,29)(H,27,30)(H,31,32)/t17-,19+/m0/s1. The lowest BCUT2D eigenvalue weighted by atomic mass is 9.81. The number of hydrogen-bond acceptors (Lipinski definition) is 5. The van der Waals surface area contributed by atoms with Crippen molar-refractivity contribution in [1.29, 1.82) is 0 Å². The summed E-state index contributed by atoms with van der Waals surface area (Å²) >= 11 is 0. The molecule has 1 aliphatic rings. The molecule has 1 aromatic rings. The molecule has 3 N–H and O–H groups in total. The summed E-state index contributed by atoms with van der Waals surface area (Å²) in [6, 6.07) is 8.21. The molecule has 0 aliphatic heterocycles. The van der Waals surface area contributed by atoms with Gasteiger partial charge in [0, 0.05) is 12.3 Å². The Morgan fingerprint density at radius 2 is 1.64 bits per heavy atom. The van der Waals surface area contributed by atoms with Crippen LogP contribution in [0.3, 0.4) is 0 Å². The number of carbonyl (C=O) groups is 4. The van der Waals surface area contributed by atoms with Gasteiger partial charge in [0.15, 0.2) is 0 Å². The Labute approximate surface area is 195 Å². The minimum atomic E-state index is -1.32. The number of amides is 2. The van der Waals surface area contributed by atoms with Gasteiger partial charge in [0.2, 0.25) is 11.8 Å². The van der Waals surface area contributed by atoms with Crippen LogP contribution in [0.2, 0.25) is 0 Å². The molecule has 1 aromatic carbocycles. The van der Waals surface area contributed by atoms with Gasteiger partial charge in [0.1, 0.15) is 17.2 Å². The summed E-state index contributed by atoms with van der Waals surface area (Å²) in [5.41, 5.74) is -1.16. The third-order valence-corrected chi connectivity index (χ3v) is 5.74. The normalized spacial score (nSPS) is 17.3. The van der Waals surface area contributed by atoms with Crippen LogP contribution in [0.25, 0.3) is 0 Å². The molecule has 2 rings (SSSR count). The van der Waals surface area contributed by atoms with Gasteiger partial charge in [-0.1, -0.05) is 56.5 Å². The van der Waals surface area contributed by atoms with Crippen molar-refractivity contribution >= 4 is 23.8 Å². The van der Waals surface area contributed by atoms with Crippen LogP contribution >= 0.6 is 0 Å². The summed E-state index contributed by atoms with van der Waals surface area (Å²) < 4.78 is 5.28. The minimum absolute atomic E-state index is 0.123. The lowest BCUT2D eigenvalue weighted by Crippen LogP contribution is -2.60. The molecule has 0 spiro atoms. The Morgan fingerprint density at radius 3 is 2.18 bits per heavy atom. The van der Waals surface area contributed by atoms with E-state index in [1.807, 2.05) is 30.3 Å². The van der Waals surface area contributed by atoms with Gasteiger partial charge in [-0.15, -0.1) is 0 Å². The minimum Gasteiger partial charge on any atom is -0.480 e. The fraction of sp³-hybridized carbons (Fsp3) is 0.600. The number of esters is 1. The molecule has 0 unspecified atom stereocenters. The first-order valence-corrected chi connectivity index (χ1v) is 11.5. The van der Waals surface area contributed by atoms with Gasteiger partial charge in [-0.25, -0.2) is 4.79 Å². The predicted molar refractivity (Wildman–Crippen MR) is 123 cm³/mol. The molecule has 2 atom stereocenters. The largest absolute Gasteiger partial charge is 0.480 e. The van der Waals surface area contributed by atoms with E-state index in [-0.39, 0.29) is 12.8 Å². The second kappa shape index (κ2) is 11.3. The summed E-state index contributed by atoms with van der Waals surface area (Å²) in [5.74, 6) is -3.28. The van der Waals surface area contributed by atoms with E-state index in [1.165, 1.54) is 0 Å². The molecule has 33 heavy (non-hydrogen) atoms. The predicted octanol–water partition coefficient (Wildman–Crippen LogP) is 2.99. The second-order valence-corrected chi connectivity index (χ2v) is 9.88. The summed E-state index contributed by atoms with van der Waals surface area (Å²) in [4.78, 5) is 50.2. The molecular weight excluding hydrogens is 424 g/mol. The first-order valence-electron chi connectivity index (χ1n) is 11.5. The first kappa shape index (κ1) is 26.4. The van der Waals surface area contributed by atoms with Crippen molar-refractivity contribution in [1.82, 2.24) is 10.6 Å². The Kier molecular flexibility index (Phi) is 9.02. The molecule has 1 saturated carbocycles. The van der Waals surface area contributed by atoms with Gasteiger partial charge < -0.3 is 20.5 Å². The van der Waals surface area contributed by atoms with Crippen LogP contribution in [-0.4, -0.2) is 46.0 Å². The lowest BCUT2D eigenvalue weighted by molar-refractivity contribution is -0.157. The number of carboxylic acid groups (broad SMARTS) is 1. The molecule has 0 radical (unpaired) electrons. The monoisotopic (exact) mass is 460 g/mol. The number of benzene rings is 1. The van der Waals surface area contributed by atoms with Gasteiger partial charge in [0.05, 0.1) is 6.42 Å². The van der Waals surface area contributed by atoms with Crippen LogP contribution in [0.15, 0.2) is 30.3 Å². The molecule has 0 bridgehead atoms. The van der Waals surface area contributed by atoms with E-state index >= 15 is 0 Å². The van der Waals surface area contributed by atoms with Crippen molar-refractivity contribution in [2.75, 3.05) is 0 Å². The van der Waals surface area contributed by atoms with Gasteiger partial charge >= 0.3 is 11.9 Å². The molecule has 8 nitrogen and oxygen atoms in total. The van der Waals surface area contributed by atoms with Crippen LogP contribution in [0.4, 0.5) is 0 Å². The topological polar surface area (TPSA) is 122 Å². The average molecular weight is 461 g/mol.